The van der Waals surface area contributed by atoms with Crippen LogP contribution in [-0.4, -0.2) is 23.0 Å². The van der Waals surface area contributed by atoms with Crippen LogP contribution < -0.4 is 4.90 Å². The topological polar surface area (TPSA) is 57.6 Å². The van der Waals surface area contributed by atoms with Gasteiger partial charge >= 0.3 is 5.97 Å². The highest BCUT2D eigenvalue weighted by molar-refractivity contribution is 6.00. The summed E-state index contributed by atoms with van der Waals surface area (Å²) in [7, 11) is 0. The van der Waals surface area contributed by atoms with Gasteiger partial charge in [-0.05, 0) is 30.4 Å². The quantitative estimate of drug-likeness (QED) is 0.910. The molecule has 4 heteroatoms. The van der Waals surface area contributed by atoms with Crippen molar-refractivity contribution in [1.29, 1.82) is 0 Å². The number of benzene rings is 1. The first kappa shape index (κ1) is 13.6. The van der Waals surface area contributed by atoms with Crippen LogP contribution in [0, 0.1) is 0 Å². The van der Waals surface area contributed by atoms with E-state index in [9.17, 15) is 14.7 Å². The molecule has 1 fully saturated rings. The molecule has 0 aliphatic carbocycles. The van der Waals surface area contributed by atoms with Crippen LogP contribution in [0.25, 0.3) is 0 Å². The Morgan fingerprint density at radius 3 is 2.68 bits per heavy atom. The molecule has 0 spiro atoms. The third kappa shape index (κ3) is 2.62. The zero-order chi connectivity index (χ0) is 14.0. The molecule has 1 amide bonds. The number of anilines is 1. The fourth-order valence-electron chi connectivity index (χ4n) is 2.60. The average Bonchev–Trinajstić information content (AvgIpc) is 2.38. The van der Waals surface area contributed by atoms with E-state index in [-0.39, 0.29) is 11.8 Å². The minimum absolute atomic E-state index is 0.0910. The number of piperidine rings is 1. The Morgan fingerprint density at radius 1 is 1.37 bits per heavy atom. The highest BCUT2D eigenvalue weighted by Gasteiger charge is 2.35. The molecule has 1 N–H and O–H groups in total. The summed E-state index contributed by atoms with van der Waals surface area (Å²) in [5.74, 6) is -0.765. The van der Waals surface area contributed by atoms with Crippen molar-refractivity contribution >= 4 is 17.6 Å². The Kier molecular flexibility index (Phi) is 3.88. The van der Waals surface area contributed by atoms with E-state index in [0.717, 1.165) is 11.3 Å². The zero-order valence-corrected chi connectivity index (χ0v) is 11.3. The Bertz CT molecular complexity index is 496. The molecule has 102 valence electrons. The Labute approximate surface area is 113 Å². The standard InChI is InChI=1S/C15H19NO3/c1-10(2)11-6-3-4-7-12(11)16-13(15(18)19)8-5-9-14(16)17/h3-4,6-7,10,13H,5,8-9H2,1-2H3,(H,18,19). The molecule has 0 aromatic heterocycles. The van der Waals surface area contributed by atoms with Crippen molar-refractivity contribution in [3.63, 3.8) is 0 Å². The maximum Gasteiger partial charge on any atom is 0.326 e. The van der Waals surface area contributed by atoms with Gasteiger partial charge < -0.3 is 5.11 Å². The molecule has 0 radical (unpaired) electrons. The molecule has 1 unspecified atom stereocenters. The number of carboxylic acid groups (broad SMARTS) is 1. The summed E-state index contributed by atoms with van der Waals surface area (Å²) in [5, 5.41) is 9.32. The van der Waals surface area contributed by atoms with Crippen LogP contribution in [0.1, 0.15) is 44.6 Å². The molecule has 19 heavy (non-hydrogen) atoms. The minimum atomic E-state index is -0.924. The monoisotopic (exact) mass is 261 g/mol. The van der Waals surface area contributed by atoms with Gasteiger partial charge in [0.1, 0.15) is 6.04 Å². The Morgan fingerprint density at radius 2 is 2.05 bits per heavy atom. The number of hydrogen-bond acceptors (Lipinski definition) is 2. The molecule has 2 rings (SSSR count). The van der Waals surface area contributed by atoms with E-state index in [1.165, 1.54) is 4.90 Å². The van der Waals surface area contributed by atoms with Crippen LogP contribution in [0.15, 0.2) is 24.3 Å². The first-order chi connectivity index (χ1) is 9.02. The molecule has 0 saturated carbocycles. The van der Waals surface area contributed by atoms with E-state index in [4.69, 9.17) is 0 Å². The molecule has 1 saturated heterocycles. The van der Waals surface area contributed by atoms with Crippen molar-refractivity contribution in [1.82, 2.24) is 0 Å². The van der Waals surface area contributed by atoms with Gasteiger partial charge in [-0.25, -0.2) is 4.79 Å². The lowest BCUT2D eigenvalue weighted by Gasteiger charge is -2.34. The van der Waals surface area contributed by atoms with Gasteiger partial charge in [0.15, 0.2) is 0 Å². The summed E-state index contributed by atoms with van der Waals surface area (Å²) >= 11 is 0. The summed E-state index contributed by atoms with van der Waals surface area (Å²) < 4.78 is 0. The van der Waals surface area contributed by atoms with Crippen LogP contribution in [0.2, 0.25) is 0 Å². The molecule has 1 atom stereocenters. The molecular formula is C15H19NO3. The lowest BCUT2D eigenvalue weighted by molar-refractivity contribution is -0.141. The number of amides is 1. The molecule has 1 aliphatic heterocycles. The normalized spacial score (nSPS) is 19.8. The summed E-state index contributed by atoms with van der Waals surface area (Å²) in [6.45, 7) is 4.09. The number of carbonyl (C=O) groups is 2. The van der Waals surface area contributed by atoms with Crippen molar-refractivity contribution < 1.29 is 14.7 Å². The second kappa shape index (κ2) is 5.43. The van der Waals surface area contributed by atoms with Crippen LogP contribution in [0.5, 0.6) is 0 Å². The van der Waals surface area contributed by atoms with E-state index in [1.807, 2.05) is 38.1 Å². The van der Waals surface area contributed by atoms with Crippen molar-refractivity contribution in [3.05, 3.63) is 29.8 Å². The van der Waals surface area contributed by atoms with Gasteiger partial charge in [-0.15, -0.1) is 0 Å². The van der Waals surface area contributed by atoms with Crippen LogP contribution in [0.3, 0.4) is 0 Å². The largest absolute Gasteiger partial charge is 0.480 e. The van der Waals surface area contributed by atoms with Gasteiger partial charge in [-0.2, -0.15) is 0 Å². The van der Waals surface area contributed by atoms with Gasteiger partial charge in [0.05, 0.1) is 0 Å². The lowest BCUT2D eigenvalue weighted by atomic mass is 9.95. The fourth-order valence-corrected chi connectivity index (χ4v) is 2.60. The number of aliphatic carboxylic acids is 1. The van der Waals surface area contributed by atoms with Gasteiger partial charge in [-0.3, -0.25) is 9.69 Å². The molecule has 1 heterocycles. The molecule has 1 aromatic rings. The predicted octanol–water partition coefficient (Wildman–Crippen LogP) is 2.78. The van der Waals surface area contributed by atoms with Crippen molar-refractivity contribution in [2.75, 3.05) is 4.90 Å². The molecular weight excluding hydrogens is 242 g/mol. The maximum absolute atomic E-state index is 12.1. The van der Waals surface area contributed by atoms with Gasteiger partial charge in [0.25, 0.3) is 0 Å². The number of para-hydroxylation sites is 1. The minimum Gasteiger partial charge on any atom is -0.480 e. The second-order valence-corrected chi connectivity index (χ2v) is 5.22. The summed E-state index contributed by atoms with van der Waals surface area (Å²) in [6.07, 6.45) is 1.60. The van der Waals surface area contributed by atoms with Gasteiger partial charge in [-0.1, -0.05) is 32.0 Å². The van der Waals surface area contributed by atoms with E-state index in [2.05, 4.69) is 0 Å². The maximum atomic E-state index is 12.1. The predicted molar refractivity (Wildman–Crippen MR) is 73.3 cm³/mol. The number of nitrogens with zero attached hydrogens (tertiary/aromatic N) is 1. The highest BCUT2D eigenvalue weighted by Crippen LogP contribution is 2.32. The third-order valence-electron chi connectivity index (χ3n) is 3.55. The molecule has 1 aromatic carbocycles. The smallest absolute Gasteiger partial charge is 0.326 e. The average molecular weight is 261 g/mol. The third-order valence-corrected chi connectivity index (χ3v) is 3.55. The summed E-state index contributed by atoms with van der Waals surface area (Å²) in [4.78, 5) is 25.0. The first-order valence-corrected chi connectivity index (χ1v) is 6.66. The Balaban J connectivity index is 2.47. The van der Waals surface area contributed by atoms with Gasteiger partial charge in [0.2, 0.25) is 5.91 Å². The van der Waals surface area contributed by atoms with E-state index in [1.54, 1.807) is 0 Å². The molecule has 4 nitrogen and oxygen atoms in total. The number of carboxylic acids is 1. The lowest BCUT2D eigenvalue weighted by Crippen LogP contribution is -2.48. The van der Waals surface area contributed by atoms with E-state index in [0.29, 0.717) is 19.3 Å². The molecule has 1 aliphatic rings. The van der Waals surface area contributed by atoms with Crippen LogP contribution in [-0.2, 0) is 9.59 Å². The zero-order valence-electron chi connectivity index (χ0n) is 11.3. The SMILES string of the molecule is CC(C)c1ccccc1N1C(=O)CCCC1C(=O)O. The van der Waals surface area contributed by atoms with Crippen molar-refractivity contribution in [2.45, 2.75) is 45.1 Å². The van der Waals surface area contributed by atoms with Gasteiger partial charge in [0, 0.05) is 12.1 Å². The van der Waals surface area contributed by atoms with Crippen LogP contribution >= 0.6 is 0 Å². The fraction of sp³-hybridized carbons (Fsp3) is 0.467. The van der Waals surface area contributed by atoms with E-state index < -0.39 is 12.0 Å². The van der Waals surface area contributed by atoms with Crippen LogP contribution in [0.4, 0.5) is 5.69 Å². The molecule has 0 bridgehead atoms. The number of rotatable bonds is 3. The van der Waals surface area contributed by atoms with E-state index >= 15 is 0 Å². The second-order valence-electron chi connectivity index (χ2n) is 5.22. The summed E-state index contributed by atoms with van der Waals surface area (Å²) in [5.41, 5.74) is 1.76. The number of carbonyl (C=O) groups excluding carboxylic acids is 1. The van der Waals surface area contributed by atoms with Crippen molar-refractivity contribution in [2.24, 2.45) is 0 Å². The summed E-state index contributed by atoms with van der Waals surface area (Å²) in [6, 6.07) is 6.83. The first-order valence-electron chi connectivity index (χ1n) is 6.66. The Hall–Kier alpha value is -1.84. The number of hydrogen-bond donors (Lipinski definition) is 1. The highest BCUT2D eigenvalue weighted by atomic mass is 16.4. The van der Waals surface area contributed by atoms with Crippen molar-refractivity contribution in [3.8, 4) is 0 Å².